The van der Waals surface area contributed by atoms with Gasteiger partial charge in [-0.3, -0.25) is 0 Å². The van der Waals surface area contributed by atoms with Gasteiger partial charge >= 0.3 is 0 Å². The zero-order chi connectivity index (χ0) is 13.7. The van der Waals surface area contributed by atoms with Crippen LogP contribution in [0.5, 0.6) is 0 Å². The van der Waals surface area contributed by atoms with E-state index >= 15 is 0 Å². The summed E-state index contributed by atoms with van der Waals surface area (Å²) >= 11 is 2.00. The fourth-order valence-corrected chi connectivity index (χ4v) is 6.35. The van der Waals surface area contributed by atoms with Crippen molar-refractivity contribution in [3.05, 3.63) is 21.9 Å². The SMILES string of the molecule is CCc1ccc(C(C)NC2C3CC4CC(C3)CC2C4)s1. The minimum Gasteiger partial charge on any atom is -0.306 e. The number of hydrogen-bond acceptors (Lipinski definition) is 2. The van der Waals surface area contributed by atoms with Gasteiger partial charge in [0.15, 0.2) is 0 Å². The molecule has 0 amide bonds. The first-order valence-corrected chi connectivity index (χ1v) is 9.39. The second-order valence-corrected chi connectivity index (χ2v) is 8.70. The summed E-state index contributed by atoms with van der Waals surface area (Å²) in [6.45, 7) is 4.63. The molecule has 0 spiro atoms. The van der Waals surface area contributed by atoms with Gasteiger partial charge in [-0.25, -0.2) is 0 Å². The normalized spacial score (nSPS) is 40.2. The van der Waals surface area contributed by atoms with Crippen molar-refractivity contribution in [3.63, 3.8) is 0 Å². The van der Waals surface area contributed by atoms with Crippen molar-refractivity contribution >= 4 is 11.3 Å². The molecule has 4 bridgehead atoms. The van der Waals surface area contributed by atoms with Crippen LogP contribution in [0.4, 0.5) is 0 Å². The van der Waals surface area contributed by atoms with Gasteiger partial charge in [-0.05, 0) is 81.3 Å². The Balaban J connectivity index is 1.46. The van der Waals surface area contributed by atoms with Gasteiger partial charge in [0, 0.05) is 21.8 Å². The summed E-state index contributed by atoms with van der Waals surface area (Å²) in [6, 6.07) is 6.01. The smallest absolute Gasteiger partial charge is 0.0388 e. The van der Waals surface area contributed by atoms with Gasteiger partial charge in [-0.2, -0.15) is 0 Å². The topological polar surface area (TPSA) is 12.0 Å². The van der Waals surface area contributed by atoms with Gasteiger partial charge in [0.1, 0.15) is 0 Å². The molecule has 0 saturated heterocycles. The number of thiophene rings is 1. The maximum absolute atomic E-state index is 4.03. The lowest BCUT2D eigenvalue weighted by Crippen LogP contribution is -2.54. The van der Waals surface area contributed by atoms with Crippen LogP contribution in [0.2, 0.25) is 0 Å². The second-order valence-electron chi connectivity index (χ2n) is 7.50. The highest BCUT2D eigenvalue weighted by molar-refractivity contribution is 7.12. The molecule has 0 aromatic carbocycles. The predicted octanol–water partition coefficient (Wildman–Crippen LogP) is 4.79. The molecule has 5 rings (SSSR count). The third-order valence-electron chi connectivity index (χ3n) is 6.13. The molecule has 1 aromatic rings. The Morgan fingerprint density at radius 1 is 1.10 bits per heavy atom. The van der Waals surface area contributed by atoms with Crippen LogP contribution in [0.25, 0.3) is 0 Å². The lowest BCUT2D eigenvalue weighted by Gasteiger charge is -2.55. The average molecular weight is 289 g/mol. The fraction of sp³-hybridized carbons (Fsp3) is 0.778. The van der Waals surface area contributed by atoms with Crippen molar-refractivity contribution in [2.45, 2.75) is 64.5 Å². The highest BCUT2D eigenvalue weighted by atomic mass is 32.1. The van der Waals surface area contributed by atoms with Crippen LogP contribution in [0.3, 0.4) is 0 Å². The van der Waals surface area contributed by atoms with Gasteiger partial charge in [0.25, 0.3) is 0 Å². The molecule has 1 N–H and O–H groups in total. The Bertz CT molecular complexity index is 450. The molecule has 1 nitrogen and oxygen atoms in total. The van der Waals surface area contributed by atoms with Crippen LogP contribution < -0.4 is 5.32 Å². The Morgan fingerprint density at radius 3 is 2.30 bits per heavy atom. The van der Waals surface area contributed by atoms with E-state index in [9.17, 15) is 0 Å². The van der Waals surface area contributed by atoms with Crippen LogP contribution in [0, 0.1) is 23.7 Å². The van der Waals surface area contributed by atoms with E-state index in [2.05, 4.69) is 31.3 Å². The first-order chi connectivity index (χ1) is 9.72. The summed E-state index contributed by atoms with van der Waals surface area (Å²) < 4.78 is 0. The Kier molecular flexibility index (Phi) is 3.42. The van der Waals surface area contributed by atoms with E-state index in [1.165, 1.54) is 41.9 Å². The van der Waals surface area contributed by atoms with E-state index in [-0.39, 0.29) is 0 Å². The molecule has 4 aliphatic rings. The lowest BCUT2D eigenvalue weighted by molar-refractivity contribution is -0.0169. The van der Waals surface area contributed by atoms with E-state index in [1.807, 2.05) is 11.3 Å². The molecule has 2 heteroatoms. The van der Waals surface area contributed by atoms with Crippen LogP contribution in [-0.4, -0.2) is 6.04 Å². The van der Waals surface area contributed by atoms with Gasteiger partial charge in [-0.15, -0.1) is 11.3 Å². The average Bonchev–Trinajstić information content (AvgIpc) is 2.91. The summed E-state index contributed by atoms with van der Waals surface area (Å²) in [5.74, 6) is 4.14. The van der Waals surface area contributed by atoms with Crippen molar-refractivity contribution in [2.24, 2.45) is 23.7 Å². The summed E-state index contributed by atoms with van der Waals surface area (Å²) in [5.41, 5.74) is 0. The first-order valence-electron chi connectivity index (χ1n) is 8.57. The highest BCUT2D eigenvalue weighted by Gasteiger charge is 2.48. The van der Waals surface area contributed by atoms with E-state index < -0.39 is 0 Å². The Labute approximate surface area is 127 Å². The zero-order valence-corrected chi connectivity index (χ0v) is 13.6. The molecule has 20 heavy (non-hydrogen) atoms. The predicted molar refractivity (Wildman–Crippen MR) is 86.1 cm³/mol. The third kappa shape index (κ3) is 2.25. The highest BCUT2D eigenvalue weighted by Crippen LogP contribution is 2.54. The maximum Gasteiger partial charge on any atom is 0.0388 e. The molecule has 4 saturated carbocycles. The van der Waals surface area contributed by atoms with Gasteiger partial charge < -0.3 is 5.32 Å². The Hall–Kier alpha value is -0.340. The monoisotopic (exact) mass is 289 g/mol. The summed E-state index contributed by atoms with van der Waals surface area (Å²) in [6.07, 6.45) is 8.80. The van der Waals surface area contributed by atoms with Crippen molar-refractivity contribution in [3.8, 4) is 0 Å². The molecule has 1 atom stereocenters. The van der Waals surface area contributed by atoms with E-state index in [1.54, 1.807) is 6.42 Å². The molecular formula is C18H27NS. The van der Waals surface area contributed by atoms with Crippen molar-refractivity contribution in [1.29, 1.82) is 0 Å². The van der Waals surface area contributed by atoms with Gasteiger partial charge in [0.05, 0.1) is 0 Å². The van der Waals surface area contributed by atoms with Crippen LogP contribution >= 0.6 is 11.3 Å². The second kappa shape index (κ2) is 5.14. The van der Waals surface area contributed by atoms with E-state index in [4.69, 9.17) is 0 Å². The molecule has 1 unspecified atom stereocenters. The summed E-state index contributed by atoms with van der Waals surface area (Å²) in [7, 11) is 0. The van der Waals surface area contributed by atoms with Gasteiger partial charge in [0.2, 0.25) is 0 Å². The molecular weight excluding hydrogens is 262 g/mol. The third-order valence-corrected chi connectivity index (χ3v) is 7.54. The minimum absolute atomic E-state index is 0.544. The molecule has 110 valence electrons. The first kappa shape index (κ1) is 13.3. The summed E-state index contributed by atoms with van der Waals surface area (Å²) in [5, 5.41) is 4.03. The molecule has 4 fully saturated rings. The molecule has 0 radical (unpaired) electrons. The Morgan fingerprint density at radius 2 is 1.75 bits per heavy atom. The zero-order valence-electron chi connectivity index (χ0n) is 12.8. The van der Waals surface area contributed by atoms with E-state index in [0.29, 0.717) is 6.04 Å². The molecule has 0 aliphatic heterocycles. The van der Waals surface area contributed by atoms with Gasteiger partial charge in [-0.1, -0.05) is 6.92 Å². The van der Waals surface area contributed by atoms with Crippen molar-refractivity contribution in [1.82, 2.24) is 5.32 Å². The number of rotatable bonds is 4. The quantitative estimate of drug-likeness (QED) is 0.840. The van der Waals surface area contributed by atoms with Crippen LogP contribution in [0.1, 0.15) is 61.7 Å². The van der Waals surface area contributed by atoms with Crippen LogP contribution in [0.15, 0.2) is 12.1 Å². The molecule has 4 aliphatic carbocycles. The minimum atomic E-state index is 0.544. The molecule has 1 aromatic heterocycles. The number of nitrogens with one attached hydrogen (secondary N) is 1. The number of aryl methyl sites for hydroxylation is 1. The number of hydrogen-bond donors (Lipinski definition) is 1. The van der Waals surface area contributed by atoms with Crippen molar-refractivity contribution < 1.29 is 0 Å². The fourth-order valence-electron chi connectivity index (χ4n) is 5.39. The largest absolute Gasteiger partial charge is 0.306 e. The van der Waals surface area contributed by atoms with Crippen LogP contribution in [-0.2, 0) is 6.42 Å². The maximum atomic E-state index is 4.03. The van der Waals surface area contributed by atoms with E-state index in [0.717, 1.165) is 29.7 Å². The van der Waals surface area contributed by atoms with Crippen molar-refractivity contribution in [2.75, 3.05) is 0 Å². The standard InChI is InChI=1S/C18H27NS/c1-3-16-4-5-17(20-16)11(2)19-18-14-7-12-6-13(9-14)10-15(18)8-12/h4-5,11-15,18-19H,3,6-10H2,1-2H3. The summed E-state index contributed by atoms with van der Waals surface area (Å²) in [4.78, 5) is 3.06. The molecule has 1 heterocycles. The lowest BCUT2D eigenvalue weighted by atomic mass is 9.54.